The van der Waals surface area contributed by atoms with Crippen LogP contribution in [0.1, 0.15) is 86.5 Å². The predicted molar refractivity (Wildman–Crippen MR) is 154 cm³/mol. The van der Waals surface area contributed by atoms with E-state index in [-0.39, 0.29) is 33.7 Å². The van der Waals surface area contributed by atoms with Gasteiger partial charge in [0.15, 0.2) is 0 Å². The first-order chi connectivity index (χ1) is 17.7. The standard InChI is InChI=1S/C34H50N2O2/c1-23-24-8-9-27-32(4,25(24)20-26(37)29(23)38)13-15-34(6)28-21-30(2,22-36-18-16-35(7)17-19-36)10-11-31(28,3)12-14-33(27,34)5/h8-9,20,23,28H,10-19,21-22H2,1-7H3/t23?,28-,30-,31-,32+,33-,34+/m1/s1. The van der Waals surface area contributed by atoms with Gasteiger partial charge in [0.25, 0.3) is 0 Å². The van der Waals surface area contributed by atoms with Crippen molar-refractivity contribution in [1.82, 2.24) is 9.80 Å². The smallest absolute Gasteiger partial charge is 0.222 e. The van der Waals surface area contributed by atoms with Crippen LogP contribution in [0.2, 0.25) is 0 Å². The van der Waals surface area contributed by atoms with E-state index in [9.17, 15) is 9.59 Å². The molecule has 0 aromatic heterocycles. The van der Waals surface area contributed by atoms with Gasteiger partial charge in [-0.25, -0.2) is 0 Å². The third-order valence-electron chi connectivity index (χ3n) is 13.3. The number of nitrogens with zero attached hydrogens (tertiary/aromatic N) is 2. The number of hydrogen-bond donors (Lipinski definition) is 0. The third-order valence-corrected chi connectivity index (χ3v) is 13.3. The molecule has 4 nitrogen and oxygen atoms in total. The first kappa shape index (κ1) is 26.7. The Balaban J connectivity index is 1.35. The number of carbonyl (C=O) groups is 2. The Labute approximate surface area is 231 Å². The lowest BCUT2D eigenvalue weighted by atomic mass is 9.34. The molecule has 208 valence electrons. The molecule has 7 atom stereocenters. The zero-order valence-electron chi connectivity index (χ0n) is 25.1. The van der Waals surface area contributed by atoms with Gasteiger partial charge in [-0.05, 0) is 96.8 Å². The van der Waals surface area contributed by atoms with Gasteiger partial charge in [-0.3, -0.25) is 9.59 Å². The Bertz CT molecular complexity index is 1160. The fourth-order valence-corrected chi connectivity index (χ4v) is 10.3. The Morgan fingerprint density at radius 1 is 0.868 bits per heavy atom. The molecule has 1 unspecified atom stereocenters. The average Bonchev–Trinajstić information content (AvgIpc) is 2.87. The number of hydrogen-bond acceptors (Lipinski definition) is 4. The molecule has 6 aliphatic rings. The third kappa shape index (κ3) is 3.61. The molecule has 1 heterocycles. The minimum Gasteiger partial charge on any atom is -0.304 e. The van der Waals surface area contributed by atoms with E-state index < -0.39 is 0 Å². The minimum atomic E-state index is -0.318. The number of likely N-dealkylation sites (N-methyl/N-ethyl adjacent to an activating group) is 1. The molecule has 38 heavy (non-hydrogen) atoms. The van der Waals surface area contributed by atoms with E-state index in [0.717, 1.165) is 17.6 Å². The lowest BCUT2D eigenvalue weighted by Gasteiger charge is -2.70. The van der Waals surface area contributed by atoms with Crippen molar-refractivity contribution in [3.63, 3.8) is 0 Å². The van der Waals surface area contributed by atoms with Crippen LogP contribution in [-0.2, 0) is 9.59 Å². The summed E-state index contributed by atoms with van der Waals surface area (Å²) < 4.78 is 0. The molecule has 3 saturated carbocycles. The number of piperazine rings is 1. The topological polar surface area (TPSA) is 40.6 Å². The van der Waals surface area contributed by atoms with E-state index in [4.69, 9.17) is 0 Å². The molecule has 6 rings (SSSR count). The molecule has 5 aliphatic carbocycles. The van der Waals surface area contributed by atoms with Gasteiger partial charge in [0.2, 0.25) is 11.6 Å². The SMILES string of the molecule is CC1C(=O)C(=O)C=C2C1=CC=C1[C@@]2(C)CC[C@@]2(C)[C@@H]3C[C@](C)(CN4CCN(C)CC4)CC[C@]3(C)CC[C@]12C. The summed E-state index contributed by atoms with van der Waals surface area (Å²) in [5.74, 6) is -0.156. The fourth-order valence-electron chi connectivity index (χ4n) is 10.3. The van der Waals surface area contributed by atoms with Gasteiger partial charge in [0.1, 0.15) is 0 Å². The Morgan fingerprint density at radius 2 is 1.55 bits per heavy atom. The van der Waals surface area contributed by atoms with Crippen LogP contribution in [0.4, 0.5) is 0 Å². The first-order valence-corrected chi connectivity index (χ1v) is 15.4. The van der Waals surface area contributed by atoms with Crippen LogP contribution in [0.15, 0.2) is 34.9 Å². The van der Waals surface area contributed by atoms with Crippen LogP contribution in [-0.4, -0.2) is 61.1 Å². The number of fused-ring (bicyclic) bond motifs is 7. The second-order valence-electron chi connectivity index (χ2n) is 15.6. The van der Waals surface area contributed by atoms with Crippen molar-refractivity contribution in [3.8, 4) is 0 Å². The zero-order chi connectivity index (χ0) is 27.3. The van der Waals surface area contributed by atoms with Crippen molar-refractivity contribution in [3.05, 3.63) is 34.9 Å². The highest BCUT2D eigenvalue weighted by molar-refractivity contribution is 6.44. The van der Waals surface area contributed by atoms with Gasteiger partial charge in [0.05, 0.1) is 0 Å². The molecular weight excluding hydrogens is 468 g/mol. The summed E-state index contributed by atoms with van der Waals surface area (Å²) in [7, 11) is 2.25. The van der Waals surface area contributed by atoms with Crippen molar-refractivity contribution >= 4 is 11.6 Å². The van der Waals surface area contributed by atoms with Crippen molar-refractivity contribution < 1.29 is 9.59 Å². The molecule has 4 heteroatoms. The summed E-state index contributed by atoms with van der Waals surface area (Å²) in [4.78, 5) is 30.5. The zero-order valence-corrected chi connectivity index (χ0v) is 25.1. The normalized spacial score (nSPS) is 47.7. The molecule has 1 aliphatic heterocycles. The highest BCUT2D eigenvalue weighted by Crippen LogP contribution is 2.75. The quantitative estimate of drug-likeness (QED) is 0.406. The van der Waals surface area contributed by atoms with Crippen LogP contribution in [0, 0.1) is 38.9 Å². The Hall–Kier alpha value is -1.52. The van der Waals surface area contributed by atoms with Crippen molar-refractivity contribution in [2.75, 3.05) is 39.8 Å². The summed E-state index contributed by atoms with van der Waals surface area (Å²) in [6.45, 7) is 20.8. The van der Waals surface area contributed by atoms with Crippen LogP contribution in [0.25, 0.3) is 0 Å². The van der Waals surface area contributed by atoms with E-state index in [1.54, 1.807) is 6.08 Å². The van der Waals surface area contributed by atoms with Gasteiger partial charge in [-0.1, -0.05) is 59.3 Å². The van der Waals surface area contributed by atoms with E-state index in [1.807, 2.05) is 6.92 Å². The van der Waals surface area contributed by atoms with E-state index in [0.29, 0.717) is 16.7 Å². The Kier molecular flexibility index (Phi) is 5.96. The first-order valence-electron chi connectivity index (χ1n) is 15.4. The predicted octanol–water partition coefficient (Wildman–Crippen LogP) is 6.23. The van der Waals surface area contributed by atoms with Gasteiger partial charge in [0, 0.05) is 44.1 Å². The maximum atomic E-state index is 12.7. The average molecular weight is 519 g/mol. The molecule has 0 aromatic rings. The summed E-state index contributed by atoms with van der Waals surface area (Å²) in [5, 5.41) is 0. The van der Waals surface area contributed by atoms with E-state index in [2.05, 4.69) is 63.6 Å². The minimum absolute atomic E-state index is 0.104. The summed E-state index contributed by atoms with van der Waals surface area (Å²) >= 11 is 0. The number of Topliss-reactive ketones (excluding diaryl/α,β-unsaturated/α-hetero) is 1. The number of allylic oxidation sites excluding steroid dienone is 6. The lowest BCUT2D eigenvalue weighted by Crippen LogP contribution is -2.62. The molecular formula is C34H50N2O2. The van der Waals surface area contributed by atoms with Crippen molar-refractivity contribution in [2.24, 2.45) is 38.9 Å². The monoisotopic (exact) mass is 518 g/mol. The van der Waals surface area contributed by atoms with E-state index >= 15 is 0 Å². The maximum absolute atomic E-state index is 12.7. The van der Waals surface area contributed by atoms with Gasteiger partial charge < -0.3 is 9.80 Å². The maximum Gasteiger partial charge on any atom is 0.222 e. The summed E-state index contributed by atoms with van der Waals surface area (Å²) in [6, 6.07) is 0. The molecule has 0 amide bonds. The molecule has 0 spiro atoms. The lowest BCUT2D eigenvalue weighted by molar-refractivity contribution is -0.164. The number of rotatable bonds is 2. The summed E-state index contributed by atoms with van der Waals surface area (Å²) in [5.41, 5.74) is 4.77. The van der Waals surface area contributed by atoms with Gasteiger partial charge >= 0.3 is 0 Å². The van der Waals surface area contributed by atoms with Crippen LogP contribution < -0.4 is 0 Å². The molecule has 4 fully saturated rings. The van der Waals surface area contributed by atoms with Crippen molar-refractivity contribution in [1.29, 1.82) is 0 Å². The molecule has 0 N–H and O–H groups in total. The second kappa shape index (κ2) is 8.49. The van der Waals surface area contributed by atoms with Crippen molar-refractivity contribution in [2.45, 2.75) is 86.5 Å². The largest absolute Gasteiger partial charge is 0.304 e. The molecule has 0 bridgehead atoms. The highest BCUT2D eigenvalue weighted by Gasteiger charge is 2.66. The van der Waals surface area contributed by atoms with Crippen LogP contribution >= 0.6 is 0 Å². The van der Waals surface area contributed by atoms with E-state index in [1.165, 1.54) is 76.8 Å². The van der Waals surface area contributed by atoms with Crippen LogP contribution in [0.5, 0.6) is 0 Å². The molecule has 1 saturated heterocycles. The van der Waals surface area contributed by atoms with Gasteiger partial charge in [-0.2, -0.15) is 0 Å². The van der Waals surface area contributed by atoms with Gasteiger partial charge in [-0.15, -0.1) is 0 Å². The summed E-state index contributed by atoms with van der Waals surface area (Å²) in [6.07, 6.45) is 15.2. The Morgan fingerprint density at radius 3 is 2.26 bits per heavy atom. The number of carbonyl (C=O) groups excluding carboxylic acids is 2. The number of ketones is 2. The fraction of sp³-hybridized carbons (Fsp3) is 0.765. The highest BCUT2D eigenvalue weighted by atomic mass is 16.2. The van der Waals surface area contributed by atoms with Crippen LogP contribution in [0.3, 0.4) is 0 Å². The second-order valence-corrected chi connectivity index (χ2v) is 15.6. The molecule has 0 radical (unpaired) electrons. The molecule has 0 aromatic carbocycles.